The molecule has 3 aromatic rings. The van der Waals surface area contributed by atoms with Gasteiger partial charge in [0.25, 0.3) is 0 Å². The summed E-state index contributed by atoms with van der Waals surface area (Å²) in [7, 11) is 5.14. The average Bonchev–Trinajstić information content (AvgIpc) is 3.10. The van der Waals surface area contributed by atoms with Gasteiger partial charge in [-0.05, 0) is 60.2 Å². The minimum atomic E-state index is -0.966. The molecule has 1 amide bonds. The second kappa shape index (κ2) is 10.4. The van der Waals surface area contributed by atoms with E-state index in [9.17, 15) is 14.7 Å². The van der Waals surface area contributed by atoms with Gasteiger partial charge in [0.1, 0.15) is 5.75 Å². The van der Waals surface area contributed by atoms with Crippen LogP contribution in [0.1, 0.15) is 53.2 Å². The van der Waals surface area contributed by atoms with Gasteiger partial charge in [0, 0.05) is 50.6 Å². The van der Waals surface area contributed by atoms with Crippen molar-refractivity contribution in [1.82, 2.24) is 9.47 Å². The number of carboxylic acid groups (broad SMARTS) is 1. The Morgan fingerprint density at radius 3 is 2.53 bits per heavy atom. The van der Waals surface area contributed by atoms with Crippen LogP contribution in [0.5, 0.6) is 5.75 Å². The highest BCUT2D eigenvalue weighted by molar-refractivity contribution is 5.88. The standard InChI is InChI=1S/C26H32N2O4/c1-5-13-28-17-21(15-19-10-11-20(26(30)31)16-24(19)32-4)22-14-18(9-12-23(22)28)7-6-8-25(29)27(2)3/h9-12,14,16-17H,5-8,13,15H2,1-4H3,(H,30,31). The first-order chi connectivity index (χ1) is 15.3. The molecule has 6 nitrogen and oxygen atoms in total. The Labute approximate surface area is 189 Å². The van der Waals surface area contributed by atoms with Crippen LogP contribution in [0.15, 0.2) is 42.6 Å². The molecule has 0 aliphatic rings. The highest BCUT2D eigenvalue weighted by Gasteiger charge is 2.14. The first-order valence-electron chi connectivity index (χ1n) is 11.0. The number of benzene rings is 2. The Morgan fingerprint density at radius 2 is 1.88 bits per heavy atom. The third-order valence-electron chi connectivity index (χ3n) is 5.76. The quantitative estimate of drug-likeness (QED) is 0.497. The molecular formula is C26H32N2O4. The Morgan fingerprint density at radius 1 is 1.09 bits per heavy atom. The third kappa shape index (κ3) is 5.31. The molecule has 0 aliphatic heterocycles. The maximum Gasteiger partial charge on any atom is 0.335 e. The van der Waals surface area contributed by atoms with Gasteiger partial charge in [-0.2, -0.15) is 0 Å². The smallest absolute Gasteiger partial charge is 0.335 e. The van der Waals surface area contributed by atoms with Gasteiger partial charge in [-0.1, -0.05) is 19.1 Å². The number of nitrogens with zero attached hydrogens (tertiary/aromatic N) is 2. The number of carboxylic acids is 1. The molecule has 0 fully saturated rings. The van der Waals surface area contributed by atoms with Crippen molar-refractivity contribution in [2.75, 3.05) is 21.2 Å². The lowest BCUT2D eigenvalue weighted by Crippen LogP contribution is -2.21. The lowest BCUT2D eigenvalue weighted by molar-refractivity contribution is -0.128. The van der Waals surface area contributed by atoms with E-state index in [0.29, 0.717) is 18.6 Å². The zero-order valence-electron chi connectivity index (χ0n) is 19.4. The highest BCUT2D eigenvalue weighted by atomic mass is 16.5. The van der Waals surface area contributed by atoms with Crippen LogP contribution in [0.3, 0.4) is 0 Å². The zero-order valence-corrected chi connectivity index (χ0v) is 19.4. The number of rotatable bonds is 10. The fourth-order valence-electron chi connectivity index (χ4n) is 4.04. The van der Waals surface area contributed by atoms with E-state index in [1.165, 1.54) is 22.0 Å². The van der Waals surface area contributed by atoms with Crippen molar-refractivity contribution in [2.45, 2.75) is 45.6 Å². The Kier molecular flexibility index (Phi) is 7.57. The van der Waals surface area contributed by atoms with Crippen molar-refractivity contribution >= 4 is 22.8 Å². The van der Waals surface area contributed by atoms with Crippen molar-refractivity contribution in [1.29, 1.82) is 0 Å². The lowest BCUT2D eigenvalue weighted by Gasteiger charge is -2.10. The summed E-state index contributed by atoms with van der Waals surface area (Å²) >= 11 is 0. The van der Waals surface area contributed by atoms with Crippen molar-refractivity contribution < 1.29 is 19.4 Å². The molecule has 0 saturated carbocycles. The molecule has 0 atom stereocenters. The average molecular weight is 437 g/mol. The van der Waals surface area contributed by atoms with E-state index in [1.54, 1.807) is 38.2 Å². The summed E-state index contributed by atoms with van der Waals surface area (Å²) in [5.41, 5.74) is 4.76. The molecule has 3 rings (SSSR count). The van der Waals surface area contributed by atoms with Crippen molar-refractivity contribution in [2.24, 2.45) is 0 Å². The van der Waals surface area contributed by atoms with Gasteiger partial charge in [-0.3, -0.25) is 4.79 Å². The molecule has 32 heavy (non-hydrogen) atoms. The molecule has 0 saturated heterocycles. The minimum Gasteiger partial charge on any atom is -0.496 e. The van der Waals surface area contributed by atoms with Gasteiger partial charge < -0.3 is 19.3 Å². The van der Waals surface area contributed by atoms with E-state index in [1.807, 2.05) is 6.07 Å². The van der Waals surface area contributed by atoms with Crippen LogP contribution < -0.4 is 4.74 Å². The number of carbonyl (C=O) groups excluding carboxylic acids is 1. The topological polar surface area (TPSA) is 71.8 Å². The largest absolute Gasteiger partial charge is 0.496 e. The summed E-state index contributed by atoms with van der Waals surface area (Å²) in [4.78, 5) is 24.8. The number of methoxy groups -OCH3 is 1. The normalized spacial score (nSPS) is 11.0. The van der Waals surface area contributed by atoms with Crippen LogP contribution in [0, 0.1) is 0 Å². The van der Waals surface area contributed by atoms with Crippen molar-refractivity contribution in [3.63, 3.8) is 0 Å². The number of ether oxygens (including phenoxy) is 1. The van der Waals surface area contributed by atoms with Crippen LogP contribution >= 0.6 is 0 Å². The first kappa shape index (κ1) is 23.4. The highest BCUT2D eigenvalue weighted by Crippen LogP contribution is 2.29. The summed E-state index contributed by atoms with van der Waals surface area (Å²) in [6, 6.07) is 11.6. The van der Waals surface area contributed by atoms with E-state index in [0.717, 1.165) is 31.4 Å². The van der Waals surface area contributed by atoms with Gasteiger partial charge in [-0.25, -0.2) is 4.79 Å². The zero-order chi connectivity index (χ0) is 23.3. The summed E-state index contributed by atoms with van der Waals surface area (Å²) in [5.74, 6) is -0.232. The molecule has 0 bridgehead atoms. The van der Waals surface area contributed by atoms with E-state index < -0.39 is 5.97 Å². The number of fused-ring (bicyclic) bond motifs is 1. The third-order valence-corrected chi connectivity index (χ3v) is 5.76. The van der Waals surface area contributed by atoms with Gasteiger partial charge in [0.15, 0.2) is 0 Å². The molecule has 0 unspecified atom stereocenters. The molecule has 0 spiro atoms. The molecule has 1 aromatic heterocycles. The second-order valence-electron chi connectivity index (χ2n) is 8.35. The number of amides is 1. The predicted molar refractivity (Wildman–Crippen MR) is 127 cm³/mol. The first-order valence-corrected chi connectivity index (χ1v) is 11.0. The van der Waals surface area contributed by atoms with Crippen LogP contribution in [0.2, 0.25) is 0 Å². The van der Waals surface area contributed by atoms with E-state index in [-0.39, 0.29) is 11.5 Å². The molecule has 0 radical (unpaired) electrons. The van der Waals surface area contributed by atoms with E-state index in [2.05, 4.69) is 35.9 Å². The van der Waals surface area contributed by atoms with Gasteiger partial charge >= 0.3 is 5.97 Å². The molecule has 1 N–H and O–H groups in total. The number of aromatic carboxylic acids is 1. The Bertz CT molecular complexity index is 1110. The maximum atomic E-state index is 11.9. The lowest BCUT2D eigenvalue weighted by atomic mass is 9.99. The van der Waals surface area contributed by atoms with Crippen LogP contribution in [-0.4, -0.2) is 47.7 Å². The number of hydrogen-bond acceptors (Lipinski definition) is 3. The Hall–Kier alpha value is -3.28. The Balaban J connectivity index is 1.91. The minimum absolute atomic E-state index is 0.151. The number of aromatic nitrogens is 1. The van der Waals surface area contributed by atoms with Crippen molar-refractivity contribution in [3.05, 3.63) is 64.8 Å². The summed E-state index contributed by atoms with van der Waals surface area (Å²) in [6.45, 7) is 3.09. The van der Waals surface area contributed by atoms with E-state index >= 15 is 0 Å². The van der Waals surface area contributed by atoms with Crippen LogP contribution in [0.4, 0.5) is 0 Å². The SMILES string of the molecule is CCCn1cc(Cc2ccc(C(=O)O)cc2OC)c2cc(CCCC(=O)N(C)C)ccc21. The molecule has 1 heterocycles. The maximum absolute atomic E-state index is 11.9. The number of aryl methyl sites for hydroxylation is 2. The number of hydrogen-bond donors (Lipinski definition) is 1. The molecule has 2 aromatic carbocycles. The molecule has 6 heteroatoms. The number of carbonyl (C=O) groups is 2. The van der Waals surface area contributed by atoms with Crippen LogP contribution in [-0.2, 0) is 24.2 Å². The summed E-state index contributed by atoms with van der Waals surface area (Å²) < 4.78 is 7.77. The summed E-state index contributed by atoms with van der Waals surface area (Å²) in [6.07, 6.45) is 6.09. The van der Waals surface area contributed by atoms with Crippen molar-refractivity contribution in [3.8, 4) is 5.75 Å². The fourth-order valence-corrected chi connectivity index (χ4v) is 4.04. The molecular weight excluding hydrogens is 404 g/mol. The van der Waals surface area contributed by atoms with Crippen LogP contribution in [0.25, 0.3) is 10.9 Å². The predicted octanol–water partition coefficient (Wildman–Crippen LogP) is 4.76. The monoisotopic (exact) mass is 436 g/mol. The fraction of sp³-hybridized carbons (Fsp3) is 0.385. The van der Waals surface area contributed by atoms with Gasteiger partial charge in [0.2, 0.25) is 5.91 Å². The second-order valence-corrected chi connectivity index (χ2v) is 8.35. The molecule has 0 aliphatic carbocycles. The van der Waals surface area contributed by atoms with Gasteiger partial charge in [0.05, 0.1) is 12.7 Å². The summed E-state index contributed by atoms with van der Waals surface area (Å²) in [5, 5.41) is 10.5. The van der Waals surface area contributed by atoms with Gasteiger partial charge in [-0.15, -0.1) is 0 Å². The molecule has 170 valence electrons. The van der Waals surface area contributed by atoms with E-state index in [4.69, 9.17) is 4.74 Å².